The number of nitrogens with zero attached hydrogens (tertiary/aromatic N) is 1. The smallest absolute Gasteiger partial charge is 0.234 e. The Morgan fingerprint density at radius 3 is 2.63 bits per heavy atom. The first-order chi connectivity index (χ1) is 13.3. The van der Waals surface area contributed by atoms with E-state index < -0.39 is 0 Å². The van der Waals surface area contributed by atoms with E-state index >= 15 is 0 Å². The molecule has 1 heterocycles. The average Bonchev–Trinajstić information content (AvgIpc) is 3.13. The van der Waals surface area contributed by atoms with Gasteiger partial charge in [0.05, 0.1) is 5.75 Å². The number of hydrogen-bond donors (Lipinski definition) is 1. The number of hydrogen-bond acceptors (Lipinski definition) is 4. The van der Waals surface area contributed by atoms with Gasteiger partial charge in [-0.15, -0.1) is 11.8 Å². The summed E-state index contributed by atoms with van der Waals surface area (Å²) in [7, 11) is 0. The maximum atomic E-state index is 12.2. The van der Waals surface area contributed by atoms with Crippen molar-refractivity contribution in [3.8, 4) is 11.5 Å². The molecule has 1 amide bonds. The van der Waals surface area contributed by atoms with Crippen molar-refractivity contribution < 1.29 is 9.21 Å². The molecule has 4 aromatic rings. The van der Waals surface area contributed by atoms with Gasteiger partial charge in [-0.1, -0.05) is 48.5 Å². The third-order valence-electron chi connectivity index (χ3n) is 4.03. The van der Waals surface area contributed by atoms with E-state index in [2.05, 4.69) is 22.4 Å². The molecule has 27 heavy (non-hydrogen) atoms. The highest BCUT2D eigenvalue weighted by Gasteiger charge is 2.09. The lowest BCUT2D eigenvalue weighted by molar-refractivity contribution is -0.113. The zero-order valence-corrected chi connectivity index (χ0v) is 15.4. The summed E-state index contributed by atoms with van der Waals surface area (Å²) < 4.78 is 5.80. The van der Waals surface area contributed by atoms with Crippen molar-refractivity contribution in [2.75, 3.05) is 11.1 Å². The molecule has 0 bridgehead atoms. The highest BCUT2D eigenvalue weighted by molar-refractivity contribution is 7.99. The summed E-state index contributed by atoms with van der Waals surface area (Å²) in [5.74, 6) is 1.75. The number of aromatic nitrogens is 1. The van der Waals surface area contributed by atoms with E-state index in [1.807, 2.05) is 66.7 Å². The maximum absolute atomic E-state index is 12.2. The fraction of sp³-hybridized carbons (Fsp3) is 0.0909. The van der Waals surface area contributed by atoms with Crippen molar-refractivity contribution in [3.05, 3.63) is 84.4 Å². The van der Waals surface area contributed by atoms with Crippen LogP contribution in [0.2, 0.25) is 0 Å². The molecule has 0 spiro atoms. The lowest BCUT2D eigenvalue weighted by Crippen LogP contribution is -2.14. The van der Waals surface area contributed by atoms with Crippen molar-refractivity contribution in [2.45, 2.75) is 5.75 Å². The molecule has 5 heteroatoms. The van der Waals surface area contributed by atoms with Crippen LogP contribution < -0.4 is 5.32 Å². The molecule has 3 aromatic carbocycles. The molecule has 0 aliphatic carbocycles. The molecule has 0 unspecified atom stereocenters. The number of thioether (sulfide) groups is 1. The highest BCUT2D eigenvalue weighted by atomic mass is 32.2. The summed E-state index contributed by atoms with van der Waals surface area (Å²) >= 11 is 1.59. The van der Waals surface area contributed by atoms with E-state index in [4.69, 9.17) is 4.42 Å². The standard InChI is InChI=1S/C22H18N2O2S/c25-21(15-27-14-16-7-2-1-3-8-16)23-18-10-6-9-17(13-18)22-24-19-11-4-5-12-20(19)26-22/h1-13H,14-15H2,(H,23,25). The molecule has 0 saturated heterocycles. The lowest BCUT2D eigenvalue weighted by Gasteiger charge is -2.06. The molecule has 0 atom stereocenters. The van der Waals surface area contributed by atoms with Crippen LogP contribution in [-0.2, 0) is 10.5 Å². The van der Waals surface area contributed by atoms with E-state index in [9.17, 15) is 4.79 Å². The van der Waals surface area contributed by atoms with Crippen LogP contribution in [0.25, 0.3) is 22.6 Å². The van der Waals surface area contributed by atoms with Gasteiger partial charge in [-0.2, -0.15) is 0 Å². The van der Waals surface area contributed by atoms with Crippen LogP contribution in [0.4, 0.5) is 5.69 Å². The second kappa shape index (κ2) is 8.10. The quantitative estimate of drug-likeness (QED) is 0.493. The topological polar surface area (TPSA) is 55.1 Å². The van der Waals surface area contributed by atoms with E-state index in [1.54, 1.807) is 11.8 Å². The Bertz CT molecular complexity index is 1030. The number of nitrogens with one attached hydrogen (secondary N) is 1. The minimum absolute atomic E-state index is 0.0225. The van der Waals surface area contributed by atoms with Gasteiger partial charge in [0.25, 0.3) is 0 Å². The molecule has 4 rings (SSSR count). The van der Waals surface area contributed by atoms with Crippen LogP contribution in [0.1, 0.15) is 5.56 Å². The summed E-state index contributed by atoms with van der Waals surface area (Å²) in [5.41, 5.74) is 4.35. The predicted octanol–water partition coefficient (Wildman–Crippen LogP) is 5.37. The molecule has 0 aliphatic rings. The summed E-state index contributed by atoms with van der Waals surface area (Å²) in [5, 5.41) is 2.94. The van der Waals surface area contributed by atoms with Gasteiger partial charge in [0, 0.05) is 17.0 Å². The van der Waals surface area contributed by atoms with Gasteiger partial charge in [-0.05, 0) is 35.9 Å². The zero-order valence-electron chi connectivity index (χ0n) is 14.6. The number of benzene rings is 3. The minimum Gasteiger partial charge on any atom is -0.436 e. The summed E-state index contributed by atoms with van der Waals surface area (Å²) in [6.07, 6.45) is 0. The number of anilines is 1. The number of fused-ring (bicyclic) bond motifs is 1. The first-order valence-corrected chi connectivity index (χ1v) is 9.81. The second-order valence-electron chi connectivity index (χ2n) is 6.09. The summed E-state index contributed by atoms with van der Waals surface area (Å²) in [6, 6.07) is 25.3. The van der Waals surface area contributed by atoms with Crippen LogP contribution >= 0.6 is 11.8 Å². The number of carbonyl (C=O) groups excluding carboxylic acids is 1. The fourth-order valence-electron chi connectivity index (χ4n) is 2.76. The van der Waals surface area contributed by atoms with Crippen molar-refractivity contribution in [1.82, 2.24) is 4.98 Å². The summed E-state index contributed by atoms with van der Waals surface area (Å²) in [6.45, 7) is 0. The normalized spacial score (nSPS) is 10.8. The monoisotopic (exact) mass is 374 g/mol. The van der Waals surface area contributed by atoms with Crippen LogP contribution in [0, 0.1) is 0 Å². The largest absolute Gasteiger partial charge is 0.436 e. The van der Waals surface area contributed by atoms with Crippen molar-refractivity contribution in [3.63, 3.8) is 0 Å². The third-order valence-corrected chi connectivity index (χ3v) is 5.04. The molecular weight excluding hydrogens is 356 g/mol. The second-order valence-corrected chi connectivity index (χ2v) is 7.08. The van der Waals surface area contributed by atoms with Crippen LogP contribution in [-0.4, -0.2) is 16.6 Å². The van der Waals surface area contributed by atoms with Crippen molar-refractivity contribution in [2.24, 2.45) is 0 Å². The van der Waals surface area contributed by atoms with E-state index in [-0.39, 0.29) is 5.91 Å². The van der Waals surface area contributed by atoms with Gasteiger partial charge >= 0.3 is 0 Å². The first-order valence-electron chi connectivity index (χ1n) is 8.65. The molecule has 1 aromatic heterocycles. The van der Waals surface area contributed by atoms with Crippen LogP contribution in [0.3, 0.4) is 0 Å². The number of para-hydroxylation sites is 2. The van der Waals surface area contributed by atoms with Crippen molar-refractivity contribution in [1.29, 1.82) is 0 Å². The number of amides is 1. The molecule has 0 aliphatic heterocycles. The number of oxazole rings is 1. The third kappa shape index (κ3) is 4.38. The molecule has 1 N–H and O–H groups in total. The Kier molecular flexibility index (Phi) is 5.21. The number of rotatable bonds is 6. The maximum Gasteiger partial charge on any atom is 0.234 e. The number of carbonyl (C=O) groups is 1. The summed E-state index contributed by atoms with van der Waals surface area (Å²) in [4.78, 5) is 16.7. The molecule has 134 valence electrons. The van der Waals surface area contributed by atoms with Crippen LogP contribution in [0.5, 0.6) is 0 Å². The molecule has 0 radical (unpaired) electrons. The van der Waals surface area contributed by atoms with Gasteiger partial charge in [0.2, 0.25) is 11.8 Å². The Morgan fingerprint density at radius 2 is 1.78 bits per heavy atom. The van der Waals surface area contributed by atoms with E-state index in [1.165, 1.54) is 5.56 Å². The first kappa shape index (κ1) is 17.4. The Morgan fingerprint density at radius 1 is 0.963 bits per heavy atom. The van der Waals surface area contributed by atoms with Gasteiger partial charge in [-0.25, -0.2) is 4.98 Å². The van der Waals surface area contributed by atoms with Crippen molar-refractivity contribution >= 4 is 34.5 Å². The predicted molar refractivity (Wildman–Crippen MR) is 111 cm³/mol. The Hall–Kier alpha value is -3.05. The molecular formula is C22H18N2O2S. The Balaban J connectivity index is 1.39. The van der Waals surface area contributed by atoms with Gasteiger partial charge in [0.1, 0.15) is 5.52 Å². The Labute approximate surface area is 161 Å². The van der Waals surface area contributed by atoms with Crippen LogP contribution in [0.15, 0.2) is 83.3 Å². The average molecular weight is 374 g/mol. The van der Waals surface area contributed by atoms with E-state index in [0.29, 0.717) is 11.6 Å². The van der Waals surface area contributed by atoms with Gasteiger partial charge in [-0.3, -0.25) is 4.79 Å². The van der Waals surface area contributed by atoms with Gasteiger partial charge in [0.15, 0.2) is 5.58 Å². The zero-order chi connectivity index (χ0) is 18.5. The SMILES string of the molecule is O=C(CSCc1ccccc1)Nc1cccc(-c2nc3ccccc3o2)c1. The fourth-order valence-corrected chi connectivity index (χ4v) is 3.55. The minimum atomic E-state index is -0.0225. The van der Waals surface area contributed by atoms with Gasteiger partial charge < -0.3 is 9.73 Å². The lowest BCUT2D eigenvalue weighted by atomic mass is 10.2. The molecule has 4 nitrogen and oxygen atoms in total. The van der Waals surface area contributed by atoms with E-state index in [0.717, 1.165) is 28.1 Å². The molecule has 0 fully saturated rings. The molecule has 0 saturated carbocycles. The highest BCUT2D eigenvalue weighted by Crippen LogP contribution is 2.26.